The second kappa shape index (κ2) is 9.28. The minimum Gasteiger partial charge on any atom is -0.482 e. The van der Waals surface area contributed by atoms with E-state index in [9.17, 15) is 13.2 Å². The van der Waals surface area contributed by atoms with Gasteiger partial charge < -0.3 is 14.4 Å². The standard InChI is InChI=1S/C21H26N2O5S/c1-3-17-15-19(9-10-20(17)28-16-21(24)27-2)29(25,26)23-13-11-22(12-14-23)18-7-5-4-6-8-18/h4-10,15H,3,11-14,16H2,1-2H3. The van der Waals surface area contributed by atoms with Gasteiger partial charge in [0.2, 0.25) is 10.0 Å². The van der Waals surface area contributed by atoms with E-state index >= 15 is 0 Å². The molecule has 2 aromatic rings. The molecule has 2 aromatic carbocycles. The lowest BCUT2D eigenvalue weighted by Gasteiger charge is -2.35. The lowest BCUT2D eigenvalue weighted by Crippen LogP contribution is -2.48. The van der Waals surface area contributed by atoms with Gasteiger partial charge in [-0.25, -0.2) is 13.2 Å². The molecular formula is C21H26N2O5S. The van der Waals surface area contributed by atoms with Crippen LogP contribution >= 0.6 is 0 Å². The molecule has 1 heterocycles. The summed E-state index contributed by atoms with van der Waals surface area (Å²) in [6, 6.07) is 14.8. The number of sulfonamides is 1. The van der Waals surface area contributed by atoms with Crippen LogP contribution in [0.1, 0.15) is 12.5 Å². The Morgan fingerprint density at radius 3 is 2.34 bits per heavy atom. The van der Waals surface area contributed by atoms with Crippen LogP contribution in [0.15, 0.2) is 53.4 Å². The molecule has 1 aliphatic heterocycles. The highest BCUT2D eigenvalue weighted by Crippen LogP contribution is 2.26. The first-order valence-electron chi connectivity index (χ1n) is 9.58. The number of rotatable bonds is 7. The second-order valence-electron chi connectivity index (χ2n) is 6.71. The molecule has 0 aromatic heterocycles. The van der Waals surface area contributed by atoms with Crippen LogP contribution in [0.4, 0.5) is 5.69 Å². The van der Waals surface area contributed by atoms with E-state index in [1.807, 2.05) is 37.3 Å². The zero-order valence-corrected chi connectivity index (χ0v) is 17.5. The lowest BCUT2D eigenvalue weighted by molar-refractivity contribution is -0.142. The maximum atomic E-state index is 13.1. The molecular weight excluding hydrogens is 392 g/mol. The van der Waals surface area contributed by atoms with Crippen molar-refractivity contribution in [1.82, 2.24) is 4.31 Å². The average Bonchev–Trinajstić information content (AvgIpc) is 2.77. The number of hydrogen-bond donors (Lipinski definition) is 0. The summed E-state index contributed by atoms with van der Waals surface area (Å²) in [7, 11) is -2.30. The summed E-state index contributed by atoms with van der Waals surface area (Å²) in [6.45, 7) is 3.85. The first-order chi connectivity index (χ1) is 14.0. The van der Waals surface area contributed by atoms with E-state index < -0.39 is 16.0 Å². The van der Waals surface area contributed by atoms with E-state index in [-0.39, 0.29) is 11.5 Å². The second-order valence-corrected chi connectivity index (χ2v) is 8.65. The maximum Gasteiger partial charge on any atom is 0.343 e. The molecule has 0 aliphatic carbocycles. The fraction of sp³-hybridized carbons (Fsp3) is 0.381. The number of esters is 1. The number of ether oxygens (including phenoxy) is 2. The first kappa shape index (κ1) is 21.1. The predicted octanol–water partition coefficient (Wildman–Crippen LogP) is 2.31. The van der Waals surface area contributed by atoms with Gasteiger partial charge in [-0.05, 0) is 42.3 Å². The molecule has 156 valence electrons. The van der Waals surface area contributed by atoms with Gasteiger partial charge in [0.1, 0.15) is 5.75 Å². The molecule has 0 atom stereocenters. The number of anilines is 1. The molecule has 0 saturated carbocycles. The molecule has 8 heteroatoms. The van der Waals surface area contributed by atoms with Crippen molar-refractivity contribution in [1.29, 1.82) is 0 Å². The van der Waals surface area contributed by atoms with Crippen molar-refractivity contribution < 1.29 is 22.7 Å². The van der Waals surface area contributed by atoms with Gasteiger partial charge in [-0.3, -0.25) is 0 Å². The number of aryl methyl sites for hydroxylation is 1. The lowest BCUT2D eigenvalue weighted by atomic mass is 10.1. The topological polar surface area (TPSA) is 76.2 Å². The molecule has 1 fully saturated rings. The van der Waals surface area contributed by atoms with Crippen molar-refractivity contribution in [2.45, 2.75) is 18.2 Å². The molecule has 1 aliphatic rings. The summed E-state index contributed by atoms with van der Waals surface area (Å²) in [6.07, 6.45) is 0.585. The summed E-state index contributed by atoms with van der Waals surface area (Å²) < 4.78 is 37.8. The van der Waals surface area contributed by atoms with Gasteiger partial charge in [-0.1, -0.05) is 25.1 Å². The SMILES string of the molecule is CCc1cc(S(=O)(=O)N2CCN(c3ccccc3)CC2)ccc1OCC(=O)OC. The molecule has 0 radical (unpaired) electrons. The summed E-state index contributed by atoms with van der Waals surface area (Å²) in [5, 5.41) is 0. The average molecular weight is 419 g/mol. The number of piperazine rings is 1. The quantitative estimate of drug-likeness (QED) is 0.643. The fourth-order valence-electron chi connectivity index (χ4n) is 3.30. The molecule has 7 nitrogen and oxygen atoms in total. The van der Waals surface area contributed by atoms with E-state index in [1.54, 1.807) is 12.1 Å². The van der Waals surface area contributed by atoms with Crippen LogP contribution in [-0.2, 0) is 26.0 Å². The number of para-hydroxylation sites is 1. The third-order valence-corrected chi connectivity index (χ3v) is 6.88. The van der Waals surface area contributed by atoms with Crippen molar-refractivity contribution >= 4 is 21.7 Å². The summed E-state index contributed by atoms with van der Waals surface area (Å²) in [4.78, 5) is 13.7. The van der Waals surface area contributed by atoms with Crippen LogP contribution in [0.25, 0.3) is 0 Å². The molecule has 0 spiro atoms. The Kier molecular flexibility index (Phi) is 6.76. The minimum absolute atomic E-state index is 0.211. The minimum atomic E-state index is -3.59. The number of methoxy groups -OCH3 is 1. The van der Waals surface area contributed by atoms with Gasteiger partial charge in [-0.2, -0.15) is 4.31 Å². The van der Waals surface area contributed by atoms with Crippen LogP contribution in [0.2, 0.25) is 0 Å². The number of hydrogen-bond acceptors (Lipinski definition) is 6. The van der Waals surface area contributed by atoms with Crippen LogP contribution < -0.4 is 9.64 Å². The Labute approximate surface area is 171 Å². The third-order valence-electron chi connectivity index (χ3n) is 4.98. The summed E-state index contributed by atoms with van der Waals surface area (Å²) >= 11 is 0. The Morgan fingerprint density at radius 2 is 1.72 bits per heavy atom. The zero-order chi connectivity index (χ0) is 20.9. The van der Waals surface area contributed by atoms with E-state index in [1.165, 1.54) is 17.5 Å². The zero-order valence-electron chi connectivity index (χ0n) is 16.7. The molecule has 3 rings (SSSR count). The molecule has 0 amide bonds. The van der Waals surface area contributed by atoms with Crippen molar-refractivity contribution in [2.24, 2.45) is 0 Å². The molecule has 0 unspecified atom stereocenters. The van der Waals surface area contributed by atoms with E-state index in [2.05, 4.69) is 9.64 Å². The third kappa shape index (κ3) is 4.89. The van der Waals surface area contributed by atoms with Gasteiger partial charge >= 0.3 is 5.97 Å². The molecule has 0 N–H and O–H groups in total. The monoisotopic (exact) mass is 418 g/mol. The smallest absolute Gasteiger partial charge is 0.343 e. The van der Waals surface area contributed by atoms with Gasteiger partial charge in [0, 0.05) is 31.9 Å². The largest absolute Gasteiger partial charge is 0.482 e. The van der Waals surface area contributed by atoms with Crippen LogP contribution in [0, 0.1) is 0 Å². The highest BCUT2D eigenvalue weighted by Gasteiger charge is 2.29. The Hall–Kier alpha value is -2.58. The number of nitrogens with zero attached hydrogens (tertiary/aromatic N) is 2. The Bertz CT molecular complexity index is 939. The van der Waals surface area contributed by atoms with Gasteiger partial charge in [0.05, 0.1) is 12.0 Å². The van der Waals surface area contributed by atoms with Gasteiger partial charge in [-0.15, -0.1) is 0 Å². The maximum absolute atomic E-state index is 13.1. The number of carbonyl (C=O) groups excluding carboxylic acids is 1. The van der Waals surface area contributed by atoms with Crippen molar-refractivity contribution in [3.63, 3.8) is 0 Å². The molecule has 1 saturated heterocycles. The highest BCUT2D eigenvalue weighted by atomic mass is 32.2. The number of carbonyl (C=O) groups is 1. The van der Waals surface area contributed by atoms with Crippen molar-refractivity contribution in [3.8, 4) is 5.75 Å². The predicted molar refractivity (Wildman–Crippen MR) is 111 cm³/mol. The number of benzene rings is 2. The summed E-state index contributed by atoms with van der Waals surface area (Å²) in [5.74, 6) is 0.00536. The molecule has 29 heavy (non-hydrogen) atoms. The Balaban J connectivity index is 1.71. The van der Waals surface area contributed by atoms with Crippen molar-refractivity contribution in [3.05, 3.63) is 54.1 Å². The van der Waals surface area contributed by atoms with Crippen molar-refractivity contribution in [2.75, 3.05) is 44.8 Å². The van der Waals surface area contributed by atoms with Crippen LogP contribution in [0.3, 0.4) is 0 Å². The fourth-order valence-corrected chi connectivity index (χ4v) is 4.78. The van der Waals surface area contributed by atoms with Gasteiger partial charge in [0.15, 0.2) is 6.61 Å². The van der Waals surface area contributed by atoms with E-state index in [0.717, 1.165) is 11.3 Å². The van der Waals surface area contributed by atoms with E-state index in [4.69, 9.17) is 4.74 Å². The summed E-state index contributed by atoms with van der Waals surface area (Å²) in [5.41, 5.74) is 1.84. The first-order valence-corrected chi connectivity index (χ1v) is 11.0. The molecule has 0 bridgehead atoms. The van der Waals surface area contributed by atoms with Crippen LogP contribution in [0.5, 0.6) is 5.75 Å². The van der Waals surface area contributed by atoms with E-state index in [0.29, 0.717) is 38.3 Å². The van der Waals surface area contributed by atoms with Crippen LogP contribution in [-0.4, -0.2) is 58.6 Å². The normalized spacial score (nSPS) is 15.2. The Morgan fingerprint density at radius 1 is 1.03 bits per heavy atom. The highest BCUT2D eigenvalue weighted by molar-refractivity contribution is 7.89. The van der Waals surface area contributed by atoms with Gasteiger partial charge in [0.25, 0.3) is 0 Å².